The van der Waals surface area contributed by atoms with Crippen molar-refractivity contribution in [2.24, 2.45) is 0 Å². The molecule has 0 heterocycles. The van der Waals surface area contributed by atoms with Gasteiger partial charge in [0.1, 0.15) is 6.23 Å². The van der Waals surface area contributed by atoms with Crippen molar-refractivity contribution in [2.75, 3.05) is 13.2 Å². The molecule has 0 spiro atoms. The number of amides is 1. The average molecular weight is 289 g/mol. The second kappa shape index (κ2) is 10.1. The largest absolute Gasteiger partial charge is 0.502 e. The zero-order valence-electron chi connectivity index (χ0n) is 12.7. The molecule has 0 saturated carbocycles. The summed E-state index contributed by atoms with van der Waals surface area (Å²) in [4.78, 5) is 11.5. The van der Waals surface area contributed by atoms with E-state index in [4.69, 9.17) is 13.3 Å². The lowest BCUT2D eigenvalue weighted by Gasteiger charge is -2.31. The van der Waals surface area contributed by atoms with E-state index in [1.165, 1.54) is 6.08 Å². The summed E-state index contributed by atoms with van der Waals surface area (Å²) >= 11 is 0. The first-order chi connectivity index (χ1) is 9.03. The van der Waals surface area contributed by atoms with Gasteiger partial charge in [0.2, 0.25) is 5.91 Å². The first kappa shape index (κ1) is 18.3. The van der Waals surface area contributed by atoms with Crippen LogP contribution < -0.4 is 5.32 Å². The Morgan fingerprint density at radius 1 is 1.26 bits per heavy atom. The summed E-state index contributed by atoms with van der Waals surface area (Å²) in [6.45, 7) is 10.6. The minimum atomic E-state index is -2.69. The third-order valence-corrected chi connectivity index (χ3v) is 5.59. The summed E-state index contributed by atoms with van der Waals surface area (Å²) in [5, 5.41) is 2.74. The maximum absolute atomic E-state index is 11.5. The molecule has 0 aromatic carbocycles. The van der Waals surface area contributed by atoms with Gasteiger partial charge in [0.15, 0.2) is 0 Å². The highest BCUT2D eigenvalue weighted by Gasteiger charge is 2.41. The molecule has 0 rings (SSSR count). The van der Waals surface area contributed by atoms with Crippen LogP contribution in [0, 0.1) is 0 Å². The molecular weight excluding hydrogens is 262 g/mol. The molecule has 0 bridgehead atoms. The van der Waals surface area contributed by atoms with Crippen molar-refractivity contribution in [1.29, 1.82) is 0 Å². The lowest BCUT2D eigenvalue weighted by molar-refractivity contribution is -0.119. The third kappa shape index (κ3) is 7.46. The minimum absolute atomic E-state index is 0.178. The van der Waals surface area contributed by atoms with Crippen molar-refractivity contribution in [1.82, 2.24) is 5.32 Å². The summed E-state index contributed by atoms with van der Waals surface area (Å²) < 4.78 is 17.4. The van der Waals surface area contributed by atoms with Crippen LogP contribution in [0.2, 0.25) is 6.04 Å². The number of rotatable bonds is 10. The Morgan fingerprint density at radius 3 is 2.26 bits per heavy atom. The standard InChI is InChI=1S/C13H27NO4Si/c1-6-10-13(15)14-12(5)18-19(11-7-2,16-8-3)17-9-4/h6,10,12H,7-9,11H2,1-5H3,(H,14,15). The maximum Gasteiger partial charge on any atom is 0.502 e. The summed E-state index contributed by atoms with van der Waals surface area (Å²) in [6.07, 6.45) is 3.63. The van der Waals surface area contributed by atoms with Crippen LogP contribution in [-0.2, 0) is 18.1 Å². The molecular formula is C13H27NO4Si. The van der Waals surface area contributed by atoms with Gasteiger partial charge >= 0.3 is 8.80 Å². The fourth-order valence-electron chi connectivity index (χ4n) is 1.76. The molecule has 19 heavy (non-hydrogen) atoms. The highest BCUT2D eigenvalue weighted by molar-refractivity contribution is 6.60. The second-order valence-corrected chi connectivity index (χ2v) is 6.75. The lowest BCUT2D eigenvalue weighted by atomic mass is 10.5. The van der Waals surface area contributed by atoms with Gasteiger partial charge < -0.3 is 18.6 Å². The lowest BCUT2D eigenvalue weighted by Crippen LogP contribution is -2.51. The van der Waals surface area contributed by atoms with Crippen molar-refractivity contribution in [2.45, 2.75) is 53.3 Å². The summed E-state index contributed by atoms with van der Waals surface area (Å²) in [5.74, 6) is -0.178. The topological polar surface area (TPSA) is 56.8 Å². The van der Waals surface area contributed by atoms with Crippen LogP contribution in [0.15, 0.2) is 12.2 Å². The first-order valence-corrected chi connectivity index (χ1v) is 8.85. The summed E-state index contributed by atoms with van der Waals surface area (Å²) in [6, 6.07) is 0.749. The van der Waals surface area contributed by atoms with Crippen LogP contribution in [0.5, 0.6) is 0 Å². The molecule has 0 aliphatic heterocycles. The number of allylic oxidation sites excluding steroid dienone is 1. The van der Waals surface area contributed by atoms with E-state index < -0.39 is 15.0 Å². The SMILES string of the molecule is CC=CC(=O)NC(C)O[Si](CCC)(OCC)OCC. The van der Waals surface area contributed by atoms with Gasteiger partial charge in [-0.05, 0) is 33.8 Å². The minimum Gasteiger partial charge on any atom is -0.374 e. The van der Waals surface area contributed by atoms with Crippen LogP contribution in [0.25, 0.3) is 0 Å². The third-order valence-electron chi connectivity index (χ3n) is 2.30. The van der Waals surface area contributed by atoms with E-state index in [2.05, 4.69) is 12.2 Å². The van der Waals surface area contributed by atoms with Crippen molar-refractivity contribution in [3.8, 4) is 0 Å². The summed E-state index contributed by atoms with van der Waals surface area (Å²) in [7, 11) is -2.69. The smallest absolute Gasteiger partial charge is 0.374 e. The Hall–Kier alpha value is -0.693. The van der Waals surface area contributed by atoms with Crippen LogP contribution in [0.3, 0.4) is 0 Å². The normalized spacial score (nSPS) is 13.7. The molecule has 0 saturated heterocycles. The highest BCUT2D eigenvalue weighted by atomic mass is 28.4. The number of carbonyl (C=O) groups excluding carboxylic acids is 1. The molecule has 1 atom stereocenters. The van der Waals surface area contributed by atoms with Gasteiger partial charge in [-0.15, -0.1) is 0 Å². The molecule has 0 fully saturated rings. The van der Waals surface area contributed by atoms with Gasteiger partial charge in [-0.3, -0.25) is 4.79 Å². The number of hydrogen-bond donors (Lipinski definition) is 1. The van der Waals surface area contributed by atoms with Gasteiger partial charge in [0.25, 0.3) is 0 Å². The Bertz CT molecular complexity index is 267. The van der Waals surface area contributed by atoms with Gasteiger partial charge in [0.05, 0.1) is 0 Å². The molecule has 0 aliphatic rings. The molecule has 112 valence electrons. The molecule has 0 aromatic heterocycles. The van der Waals surface area contributed by atoms with E-state index in [0.717, 1.165) is 12.5 Å². The van der Waals surface area contributed by atoms with E-state index in [1.54, 1.807) is 19.9 Å². The number of nitrogens with one attached hydrogen (secondary N) is 1. The molecule has 5 nitrogen and oxygen atoms in total. The summed E-state index contributed by atoms with van der Waals surface area (Å²) in [5.41, 5.74) is 0. The van der Waals surface area contributed by atoms with E-state index in [-0.39, 0.29) is 5.91 Å². The van der Waals surface area contributed by atoms with E-state index >= 15 is 0 Å². The molecule has 1 N–H and O–H groups in total. The van der Waals surface area contributed by atoms with E-state index in [0.29, 0.717) is 13.2 Å². The maximum atomic E-state index is 11.5. The highest BCUT2D eigenvalue weighted by Crippen LogP contribution is 2.19. The molecule has 1 unspecified atom stereocenters. The number of hydrogen-bond acceptors (Lipinski definition) is 4. The first-order valence-electron chi connectivity index (χ1n) is 6.92. The van der Waals surface area contributed by atoms with Crippen LogP contribution >= 0.6 is 0 Å². The van der Waals surface area contributed by atoms with Gasteiger partial charge in [0, 0.05) is 19.3 Å². The zero-order valence-corrected chi connectivity index (χ0v) is 13.7. The monoisotopic (exact) mass is 289 g/mol. The van der Waals surface area contributed by atoms with E-state index in [1.807, 2.05) is 13.8 Å². The number of carbonyl (C=O) groups is 1. The van der Waals surface area contributed by atoms with Crippen molar-refractivity contribution < 1.29 is 18.1 Å². The predicted molar refractivity (Wildman–Crippen MR) is 77.6 cm³/mol. The van der Waals surface area contributed by atoms with Crippen molar-refractivity contribution in [3.63, 3.8) is 0 Å². The Morgan fingerprint density at radius 2 is 1.84 bits per heavy atom. The molecule has 1 amide bonds. The molecule has 0 aliphatic carbocycles. The quantitative estimate of drug-likeness (QED) is 0.381. The molecule has 0 aromatic rings. The van der Waals surface area contributed by atoms with Gasteiger partial charge in [-0.1, -0.05) is 19.4 Å². The van der Waals surface area contributed by atoms with Gasteiger partial charge in [-0.2, -0.15) is 0 Å². The van der Waals surface area contributed by atoms with Crippen LogP contribution in [0.4, 0.5) is 0 Å². The van der Waals surface area contributed by atoms with Crippen LogP contribution in [-0.4, -0.2) is 34.2 Å². The Kier molecular flexibility index (Phi) is 9.77. The zero-order chi connectivity index (χ0) is 14.7. The second-order valence-electron chi connectivity index (χ2n) is 4.07. The van der Waals surface area contributed by atoms with Crippen molar-refractivity contribution >= 4 is 14.7 Å². The fourth-order valence-corrected chi connectivity index (χ4v) is 4.47. The van der Waals surface area contributed by atoms with Crippen molar-refractivity contribution in [3.05, 3.63) is 12.2 Å². The molecule has 6 heteroatoms. The molecule has 0 radical (unpaired) electrons. The average Bonchev–Trinajstić information content (AvgIpc) is 2.29. The Labute approximate surface area is 117 Å². The van der Waals surface area contributed by atoms with Gasteiger partial charge in [-0.25, -0.2) is 0 Å². The fraction of sp³-hybridized carbons (Fsp3) is 0.769. The van der Waals surface area contributed by atoms with Crippen LogP contribution in [0.1, 0.15) is 41.0 Å². The Balaban J connectivity index is 4.63. The van der Waals surface area contributed by atoms with E-state index in [9.17, 15) is 4.79 Å². The predicted octanol–water partition coefficient (Wildman–Crippen LogP) is 2.46.